The second-order valence-corrected chi connectivity index (χ2v) is 2.23. The fraction of sp³-hybridized carbons (Fsp3) is 0.167. The first-order valence-corrected chi connectivity index (χ1v) is 3.21. The molecule has 0 atom stereocenters. The number of nitrogen functional groups attached to an aromatic ring is 1. The van der Waals surface area contributed by atoms with Gasteiger partial charge in [0.1, 0.15) is 5.82 Å². The van der Waals surface area contributed by atoms with Crippen LogP contribution in [0.15, 0.2) is 12.3 Å². The van der Waals surface area contributed by atoms with Gasteiger partial charge < -0.3 is 5.73 Å². The molecule has 2 aromatic rings. The lowest BCUT2D eigenvalue weighted by molar-refractivity contribution is 0.843. The van der Waals surface area contributed by atoms with E-state index in [2.05, 4.69) is 15.1 Å². The molecule has 2 aromatic heterocycles. The summed E-state index contributed by atoms with van der Waals surface area (Å²) in [4.78, 5) is 7.90. The Hall–Kier alpha value is -1.65. The zero-order chi connectivity index (χ0) is 7.84. The molecule has 0 unspecified atom stereocenters. The Balaban J connectivity index is 2.91. The quantitative estimate of drug-likeness (QED) is 0.573. The van der Waals surface area contributed by atoms with E-state index in [1.165, 1.54) is 0 Å². The second kappa shape index (κ2) is 1.91. The summed E-state index contributed by atoms with van der Waals surface area (Å²) < 4.78 is 1.64. The Labute approximate surface area is 62.9 Å². The number of hydrogen-bond acceptors (Lipinski definition) is 4. The molecule has 0 saturated heterocycles. The highest BCUT2D eigenvalue weighted by molar-refractivity contribution is 5.40. The molecule has 0 aromatic carbocycles. The third-order valence-corrected chi connectivity index (χ3v) is 1.43. The van der Waals surface area contributed by atoms with Gasteiger partial charge in [-0.1, -0.05) is 0 Å². The third-order valence-electron chi connectivity index (χ3n) is 1.43. The highest BCUT2D eigenvalue weighted by Gasteiger charge is 1.99. The topological polar surface area (TPSA) is 69.1 Å². The van der Waals surface area contributed by atoms with Crippen LogP contribution in [-0.4, -0.2) is 19.6 Å². The Morgan fingerprint density at radius 1 is 1.45 bits per heavy atom. The molecule has 2 N–H and O–H groups in total. The molecule has 0 bridgehead atoms. The average molecular weight is 149 g/mol. The van der Waals surface area contributed by atoms with Crippen LogP contribution >= 0.6 is 0 Å². The van der Waals surface area contributed by atoms with Gasteiger partial charge in [-0.25, -0.2) is 4.52 Å². The third kappa shape index (κ3) is 0.813. The fourth-order valence-corrected chi connectivity index (χ4v) is 0.986. The molecule has 0 aliphatic heterocycles. The van der Waals surface area contributed by atoms with Crippen molar-refractivity contribution >= 4 is 11.6 Å². The van der Waals surface area contributed by atoms with Gasteiger partial charge in [0.25, 0.3) is 0 Å². The first-order valence-electron chi connectivity index (χ1n) is 3.21. The van der Waals surface area contributed by atoms with E-state index in [0.717, 1.165) is 11.5 Å². The molecule has 5 nitrogen and oxygen atoms in total. The minimum atomic E-state index is 0.288. The summed E-state index contributed by atoms with van der Waals surface area (Å²) >= 11 is 0. The van der Waals surface area contributed by atoms with Gasteiger partial charge in [0.2, 0.25) is 5.95 Å². The molecule has 11 heavy (non-hydrogen) atoms. The number of nitrogens with two attached hydrogens (primary N) is 1. The lowest BCUT2D eigenvalue weighted by Crippen LogP contribution is -2.03. The summed E-state index contributed by atoms with van der Waals surface area (Å²) in [6, 6.07) is 1.78. The van der Waals surface area contributed by atoms with Crippen LogP contribution in [0.1, 0.15) is 5.82 Å². The maximum Gasteiger partial charge on any atom is 0.223 e. The number of nitrogens with zero attached hydrogens (tertiary/aromatic N) is 4. The average Bonchev–Trinajstić information content (AvgIpc) is 2.34. The Kier molecular flexibility index (Phi) is 1.06. The van der Waals surface area contributed by atoms with E-state index in [1.54, 1.807) is 16.8 Å². The van der Waals surface area contributed by atoms with Crippen LogP contribution in [0.25, 0.3) is 5.65 Å². The van der Waals surface area contributed by atoms with Gasteiger partial charge in [-0.15, -0.1) is 0 Å². The van der Waals surface area contributed by atoms with Crippen molar-refractivity contribution < 1.29 is 0 Å². The molecular weight excluding hydrogens is 142 g/mol. The summed E-state index contributed by atoms with van der Waals surface area (Å²) in [5.74, 6) is 1.04. The summed E-state index contributed by atoms with van der Waals surface area (Å²) in [7, 11) is 0. The molecule has 56 valence electrons. The van der Waals surface area contributed by atoms with Crippen LogP contribution in [0.2, 0.25) is 0 Å². The van der Waals surface area contributed by atoms with Gasteiger partial charge in [0, 0.05) is 6.07 Å². The van der Waals surface area contributed by atoms with E-state index in [0.29, 0.717) is 0 Å². The molecule has 0 amide bonds. The Bertz CT molecular complexity index is 391. The van der Waals surface area contributed by atoms with Gasteiger partial charge in [-0.2, -0.15) is 15.1 Å². The molecule has 0 fully saturated rings. The highest BCUT2D eigenvalue weighted by Crippen LogP contribution is 2.01. The number of fused-ring (bicyclic) bond motifs is 1. The van der Waals surface area contributed by atoms with Crippen LogP contribution in [-0.2, 0) is 0 Å². The number of rotatable bonds is 0. The van der Waals surface area contributed by atoms with Crippen molar-refractivity contribution in [1.29, 1.82) is 0 Å². The molecule has 0 aliphatic rings. The van der Waals surface area contributed by atoms with Gasteiger partial charge in [-0.3, -0.25) is 0 Å². The Morgan fingerprint density at radius 2 is 2.27 bits per heavy atom. The lowest BCUT2D eigenvalue weighted by Gasteiger charge is -1.97. The monoisotopic (exact) mass is 149 g/mol. The van der Waals surface area contributed by atoms with Crippen LogP contribution in [0, 0.1) is 6.92 Å². The van der Waals surface area contributed by atoms with Gasteiger partial charge in [-0.05, 0) is 6.92 Å². The van der Waals surface area contributed by atoms with Crippen molar-refractivity contribution in [2.75, 3.05) is 5.73 Å². The van der Waals surface area contributed by atoms with Crippen molar-refractivity contribution in [3.63, 3.8) is 0 Å². The minimum absolute atomic E-state index is 0.288. The highest BCUT2D eigenvalue weighted by atomic mass is 15.3. The van der Waals surface area contributed by atoms with E-state index in [9.17, 15) is 0 Å². The van der Waals surface area contributed by atoms with Crippen molar-refractivity contribution in [2.24, 2.45) is 0 Å². The number of hydrogen-bond donors (Lipinski definition) is 1. The molecule has 0 spiro atoms. The summed E-state index contributed by atoms with van der Waals surface area (Å²) in [6.07, 6.45) is 1.66. The summed E-state index contributed by atoms with van der Waals surface area (Å²) in [5, 5.41) is 4.00. The largest absolute Gasteiger partial charge is 0.368 e. The zero-order valence-corrected chi connectivity index (χ0v) is 6.02. The van der Waals surface area contributed by atoms with E-state index in [-0.39, 0.29) is 5.95 Å². The first-order chi connectivity index (χ1) is 5.27. The van der Waals surface area contributed by atoms with E-state index >= 15 is 0 Å². The van der Waals surface area contributed by atoms with Crippen molar-refractivity contribution in [3.8, 4) is 0 Å². The number of anilines is 1. The number of aromatic nitrogens is 4. The van der Waals surface area contributed by atoms with Gasteiger partial charge >= 0.3 is 0 Å². The predicted molar refractivity (Wildman–Crippen MR) is 39.9 cm³/mol. The fourth-order valence-electron chi connectivity index (χ4n) is 0.986. The van der Waals surface area contributed by atoms with Crippen molar-refractivity contribution in [3.05, 3.63) is 18.1 Å². The van der Waals surface area contributed by atoms with Crippen LogP contribution in [0.3, 0.4) is 0 Å². The first kappa shape index (κ1) is 6.09. The normalized spacial score (nSPS) is 10.6. The van der Waals surface area contributed by atoms with Gasteiger partial charge in [0.15, 0.2) is 5.65 Å². The maximum atomic E-state index is 5.42. The molecule has 5 heteroatoms. The Morgan fingerprint density at radius 3 is 3.09 bits per heavy atom. The predicted octanol–water partition coefficient (Wildman–Crippen LogP) is 0.0149. The smallest absolute Gasteiger partial charge is 0.223 e. The lowest BCUT2D eigenvalue weighted by atomic mass is 10.6. The van der Waals surface area contributed by atoms with E-state index in [4.69, 9.17) is 5.73 Å². The summed E-state index contributed by atoms with van der Waals surface area (Å²) in [5.41, 5.74) is 6.15. The summed E-state index contributed by atoms with van der Waals surface area (Å²) in [6.45, 7) is 1.83. The molecular formula is C6H7N5. The maximum absolute atomic E-state index is 5.42. The van der Waals surface area contributed by atoms with Crippen molar-refractivity contribution in [2.45, 2.75) is 6.92 Å². The standard InChI is InChI=1S/C6H7N5/c1-4-9-6(7)10-5-2-3-8-11(4)5/h2-3H,1H3,(H2,7,10). The molecule has 2 heterocycles. The number of aryl methyl sites for hydroxylation is 1. The molecule has 0 aliphatic carbocycles. The zero-order valence-electron chi connectivity index (χ0n) is 6.02. The molecule has 2 rings (SSSR count). The van der Waals surface area contributed by atoms with Crippen LogP contribution < -0.4 is 5.73 Å². The SMILES string of the molecule is Cc1nc(N)nc2ccnn12. The second-order valence-electron chi connectivity index (χ2n) is 2.23. The van der Waals surface area contributed by atoms with Crippen LogP contribution in [0.4, 0.5) is 5.95 Å². The van der Waals surface area contributed by atoms with Gasteiger partial charge in [0.05, 0.1) is 6.20 Å². The van der Waals surface area contributed by atoms with E-state index in [1.807, 2.05) is 6.92 Å². The molecule has 0 saturated carbocycles. The van der Waals surface area contributed by atoms with Crippen molar-refractivity contribution in [1.82, 2.24) is 19.6 Å². The molecule has 0 radical (unpaired) electrons. The van der Waals surface area contributed by atoms with Crippen LogP contribution in [0.5, 0.6) is 0 Å². The van der Waals surface area contributed by atoms with E-state index < -0.39 is 0 Å². The minimum Gasteiger partial charge on any atom is -0.368 e.